The first kappa shape index (κ1) is 16.4. The zero-order valence-electron chi connectivity index (χ0n) is 12.3. The molecule has 1 heterocycles. The fourth-order valence-corrected chi connectivity index (χ4v) is 3.19. The molecule has 8 heteroatoms. The van der Waals surface area contributed by atoms with Crippen molar-refractivity contribution in [2.45, 2.75) is 12.8 Å². The molecule has 1 saturated heterocycles. The van der Waals surface area contributed by atoms with Gasteiger partial charge in [0.2, 0.25) is 21.8 Å². The van der Waals surface area contributed by atoms with Gasteiger partial charge in [0.25, 0.3) is 0 Å². The van der Waals surface area contributed by atoms with E-state index in [0.717, 1.165) is 11.8 Å². The van der Waals surface area contributed by atoms with Crippen LogP contribution in [0.15, 0.2) is 30.3 Å². The molecular formula is C14H19N3O4S. The van der Waals surface area contributed by atoms with E-state index in [9.17, 15) is 18.0 Å². The molecule has 1 atom stereocenters. The minimum atomic E-state index is -3.27. The monoisotopic (exact) mass is 325 g/mol. The Morgan fingerprint density at radius 2 is 1.91 bits per heavy atom. The normalized spacial score (nSPS) is 18.9. The van der Waals surface area contributed by atoms with E-state index >= 15 is 0 Å². The molecule has 0 spiro atoms. The van der Waals surface area contributed by atoms with Gasteiger partial charge in [0.1, 0.15) is 0 Å². The van der Waals surface area contributed by atoms with Crippen molar-refractivity contribution in [3.8, 4) is 0 Å². The summed E-state index contributed by atoms with van der Waals surface area (Å²) in [5.74, 6) is -1.13. The largest absolute Gasteiger partial charge is 0.273 e. The van der Waals surface area contributed by atoms with Crippen LogP contribution >= 0.6 is 0 Å². The zero-order valence-corrected chi connectivity index (χ0v) is 13.1. The van der Waals surface area contributed by atoms with E-state index in [1.165, 1.54) is 4.31 Å². The van der Waals surface area contributed by atoms with E-state index < -0.39 is 15.9 Å². The van der Waals surface area contributed by atoms with E-state index in [4.69, 9.17) is 0 Å². The van der Waals surface area contributed by atoms with Gasteiger partial charge >= 0.3 is 0 Å². The molecule has 0 aromatic heterocycles. The molecule has 0 bridgehead atoms. The van der Waals surface area contributed by atoms with Crippen molar-refractivity contribution >= 4 is 21.8 Å². The molecule has 2 amide bonds. The number of sulfonamides is 1. The van der Waals surface area contributed by atoms with E-state index in [0.29, 0.717) is 13.0 Å². The molecule has 1 aliphatic heterocycles. The number of nitrogens with one attached hydrogen (secondary N) is 2. The lowest BCUT2D eigenvalue weighted by molar-refractivity contribution is -0.130. The Morgan fingerprint density at radius 1 is 1.23 bits per heavy atom. The van der Waals surface area contributed by atoms with Gasteiger partial charge in [-0.25, -0.2) is 12.7 Å². The number of benzene rings is 1. The molecule has 0 unspecified atom stereocenters. The summed E-state index contributed by atoms with van der Waals surface area (Å²) in [5, 5.41) is 0. The topological polar surface area (TPSA) is 95.6 Å². The number of nitrogens with zero attached hydrogens (tertiary/aromatic N) is 1. The molecule has 7 nitrogen and oxygen atoms in total. The highest BCUT2D eigenvalue weighted by Gasteiger charge is 2.32. The Morgan fingerprint density at radius 3 is 2.50 bits per heavy atom. The first-order valence-electron chi connectivity index (χ1n) is 6.94. The molecule has 2 N–H and O–H groups in total. The summed E-state index contributed by atoms with van der Waals surface area (Å²) in [7, 11) is -3.27. The summed E-state index contributed by atoms with van der Waals surface area (Å²) < 4.78 is 24.1. The van der Waals surface area contributed by atoms with Crippen LogP contribution in [0, 0.1) is 5.92 Å². The van der Waals surface area contributed by atoms with Gasteiger partial charge in [0.05, 0.1) is 18.6 Å². The lowest BCUT2D eigenvalue weighted by atomic mass is 10.1. The lowest BCUT2D eigenvalue weighted by Crippen LogP contribution is -2.45. The summed E-state index contributed by atoms with van der Waals surface area (Å²) in [6.45, 7) is 0.480. The van der Waals surface area contributed by atoms with E-state index in [-0.39, 0.29) is 24.8 Å². The Balaban J connectivity index is 1.77. The lowest BCUT2D eigenvalue weighted by Gasteiger charge is -2.14. The Labute approximate surface area is 129 Å². The van der Waals surface area contributed by atoms with E-state index in [2.05, 4.69) is 10.9 Å². The van der Waals surface area contributed by atoms with Gasteiger partial charge in [0.15, 0.2) is 0 Å². The number of amides is 2. The summed E-state index contributed by atoms with van der Waals surface area (Å²) in [4.78, 5) is 23.7. The molecule has 2 rings (SSSR count). The summed E-state index contributed by atoms with van der Waals surface area (Å²) >= 11 is 0. The van der Waals surface area contributed by atoms with Crippen LogP contribution in [0.4, 0.5) is 0 Å². The average Bonchev–Trinajstić information content (AvgIpc) is 2.96. The maximum Gasteiger partial charge on any atom is 0.242 e. The number of hydrogen-bond acceptors (Lipinski definition) is 4. The van der Waals surface area contributed by atoms with Gasteiger partial charge in [-0.3, -0.25) is 20.4 Å². The van der Waals surface area contributed by atoms with Crippen molar-refractivity contribution in [1.82, 2.24) is 15.2 Å². The molecule has 1 aromatic carbocycles. The Bertz CT molecular complexity index is 645. The molecule has 0 aliphatic carbocycles. The number of hydrogen-bond donors (Lipinski definition) is 2. The summed E-state index contributed by atoms with van der Waals surface area (Å²) in [6.07, 6.45) is 1.74. The van der Waals surface area contributed by atoms with Crippen LogP contribution in [0.5, 0.6) is 0 Å². The fraction of sp³-hybridized carbons (Fsp3) is 0.429. The van der Waals surface area contributed by atoms with Gasteiger partial charge in [-0.05, 0) is 12.0 Å². The van der Waals surface area contributed by atoms with Crippen LogP contribution in [0.2, 0.25) is 0 Å². The van der Waals surface area contributed by atoms with E-state index in [1.807, 2.05) is 30.3 Å². The van der Waals surface area contributed by atoms with Crippen molar-refractivity contribution in [3.63, 3.8) is 0 Å². The van der Waals surface area contributed by atoms with E-state index in [1.54, 1.807) is 0 Å². The molecule has 22 heavy (non-hydrogen) atoms. The third kappa shape index (κ3) is 4.54. The van der Waals surface area contributed by atoms with Crippen LogP contribution in [0.25, 0.3) is 0 Å². The predicted octanol–water partition coefficient (Wildman–Crippen LogP) is -0.342. The highest BCUT2D eigenvalue weighted by atomic mass is 32.2. The van der Waals surface area contributed by atoms with Gasteiger partial charge in [-0.15, -0.1) is 0 Å². The third-order valence-corrected chi connectivity index (χ3v) is 4.79. The molecule has 120 valence electrons. The van der Waals surface area contributed by atoms with Gasteiger partial charge in [-0.2, -0.15) is 0 Å². The van der Waals surface area contributed by atoms with Crippen molar-refractivity contribution in [2.75, 3.05) is 19.3 Å². The Kier molecular flexibility index (Phi) is 5.15. The third-order valence-electron chi connectivity index (χ3n) is 3.52. The SMILES string of the molecule is CS(=O)(=O)N1CC[C@H](C(=O)NNC(=O)Cc2ccccc2)C1. The number of carbonyl (C=O) groups is 2. The average molecular weight is 325 g/mol. The highest BCUT2D eigenvalue weighted by molar-refractivity contribution is 7.88. The summed E-state index contributed by atoms with van der Waals surface area (Å²) in [6, 6.07) is 9.17. The first-order chi connectivity index (χ1) is 10.4. The Hall–Kier alpha value is -1.93. The molecular weight excluding hydrogens is 306 g/mol. The first-order valence-corrected chi connectivity index (χ1v) is 8.79. The fourth-order valence-electron chi connectivity index (χ4n) is 2.30. The highest BCUT2D eigenvalue weighted by Crippen LogP contribution is 2.18. The van der Waals surface area contributed by atoms with Crippen LogP contribution in [-0.2, 0) is 26.0 Å². The minimum Gasteiger partial charge on any atom is -0.273 e. The zero-order chi connectivity index (χ0) is 16.2. The van der Waals surface area contributed by atoms with Crippen LogP contribution < -0.4 is 10.9 Å². The van der Waals surface area contributed by atoms with Gasteiger partial charge in [0, 0.05) is 13.1 Å². The van der Waals surface area contributed by atoms with Gasteiger partial charge < -0.3 is 0 Å². The second-order valence-corrected chi connectivity index (χ2v) is 7.29. The van der Waals surface area contributed by atoms with Crippen LogP contribution in [0.3, 0.4) is 0 Å². The second kappa shape index (κ2) is 6.89. The quantitative estimate of drug-likeness (QED) is 0.740. The van der Waals surface area contributed by atoms with Gasteiger partial charge in [-0.1, -0.05) is 30.3 Å². The maximum absolute atomic E-state index is 11.9. The minimum absolute atomic E-state index is 0.152. The molecule has 1 fully saturated rings. The van der Waals surface area contributed by atoms with Crippen molar-refractivity contribution < 1.29 is 18.0 Å². The predicted molar refractivity (Wildman–Crippen MR) is 81.0 cm³/mol. The maximum atomic E-state index is 11.9. The number of hydrazine groups is 1. The van der Waals surface area contributed by atoms with Crippen molar-refractivity contribution in [3.05, 3.63) is 35.9 Å². The van der Waals surface area contributed by atoms with Crippen LogP contribution in [0.1, 0.15) is 12.0 Å². The standard InChI is InChI=1S/C14H19N3O4S/c1-22(20,21)17-8-7-12(10-17)14(19)16-15-13(18)9-11-5-3-2-4-6-11/h2-6,12H,7-10H2,1H3,(H,15,18)(H,16,19)/t12-/m0/s1. The molecule has 1 aliphatic rings. The smallest absolute Gasteiger partial charge is 0.242 e. The number of carbonyl (C=O) groups excluding carboxylic acids is 2. The van der Waals surface area contributed by atoms with Crippen LogP contribution in [-0.4, -0.2) is 43.9 Å². The molecule has 0 saturated carbocycles. The second-order valence-electron chi connectivity index (χ2n) is 5.31. The number of rotatable bonds is 4. The van der Waals surface area contributed by atoms with Crippen molar-refractivity contribution in [2.24, 2.45) is 5.92 Å². The van der Waals surface area contributed by atoms with Crippen molar-refractivity contribution in [1.29, 1.82) is 0 Å². The molecule has 1 aromatic rings. The molecule has 0 radical (unpaired) electrons. The summed E-state index contributed by atoms with van der Waals surface area (Å²) in [5.41, 5.74) is 5.56.